The van der Waals surface area contributed by atoms with Gasteiger partial charge in [0.1, 0.15) is 6.04 Å². The van der Waals surface area contributed by atoms with Gasteiger partial charge >= 0.3 is 11.9 Å². The van der Waals surface area contributed by atoms with Crippen molar-refractivity contribution in [2.24, 2.45) is 11.8 Å². The van der Waals surface area contributed by atoms with E-state index in [0.29, 0.717) is 19.4 Å². The fraction of sp³-hybridized carbons (Fsp3) is 0.667. The van der Waals surface area contributed by atoms with Gasteiger partial charge in [-0.15, -0.1) is 0 Å². The highest BCUT2D eigenvalue weighted by atomic mass is 19.1. The van der Waals surface area contributed by atoms with Gasteiger partial charge in [-0.05, 0) is 44.1 Å². The molecule has 1 aromatic carbocycles. The number of halogens is 1. The number of nitrogens with zero attached hydrogens (tertiary/aromatic N) is 1. The molecule has 0 aromatic heterocycles. The molecule has 7 nitrogen and oxygen atoms in total. The minimum absolute atomic E-state index is 0.0862. The average molecular weight is 493 g/mol. The minimum atomic E-state index is -1.67. The summed E-state index contributed by atoms with van der Waals surface area (Å²) in [6, 6.07) is 8.49. The molecule has 1 aromatic rings. The summed E-state index contributed by atoms with van der Waals surface area (Å²) in [7, 11) is 1.34. The zero-order chi connectivity index (χ0) is 26.0. The van der Waals surface area contributed by atoms with Crippen LogP contribution in [0.25, 0.3) is 0 Å². The van der Waals surface area contributed by atoms with Crippen LogP contribution in [0.1, 0.15) is 71.8 Å². The molecule has 0 radical (unpaired) electrons. The quantitative estimate of drug-likeness (QED) is 0.411. The molecule has 3 unspecified atom stereocenters. The van der Waals surface area contributed by atoms with Crippen LogP contribution in [0.4, 0.5) is 4.39 Å². The van der Waals surface area contributed by atoms with Crippen molar-refractivity contribution in [1.29, 1.82) is 0 Å². The number of ether oxygens (including phenoxy) is 2. The molecule has 1 saturated heterocycles. The normalized spacial score (nSPS) is 22.7. The zero-order valence-electron chi connectivity index (χ0n) is 21.7. The Morgan fingerprint density at radius 3 is 2.34 bits per heavy atom. The van der Waals surface area contributed by atoms with Crippen LogP contribution in [0.2, 0.25) is 0 Å². The number of carbonyl (C=O) groups excluding carboxylic acids is 3. The predicted molar refractivity (Wildman–Crippen MR) is 132 cm³/mol. The molecule has 196 valence electrons. The SMILES string of the molecule is CCCC(F)OC(=O)[C@H]1C[C@@H](C(=O)OC)[C@@H](CC(CCC)C(C)NC(C)=O)N1Cc1ccccc1. The van der Waals surface area contributed by atoms with E-state index in [1.165, 1.54) is 14.0 Å². The first-order valence-electron chi connectivity index (χ1n) is 12.7. The maximum absolute atomic E-state index is 14.2. The molecule has 0 saturated carbocycles. The number of hydrogen-bond acceptors (Lipinski definition) is 6. The van der Waals surface area contributed by atoms with Gasteiger partial charge in [0.05, 0.1) is 13.0 Å². The van der Waals surface area contributed by atoms with Crippen molar-refractivity contribution < 1.29 is 28.2 Å². The standard InChI is InChI=1S/C27H41FN2O5/c1-6-11-21(18(3)29-19(4)31)15-23-22(26(32)34-5)16-24(27(33)35-25(28)12-7-2)30(23)17-20-13-9-8-10-14-20/h8-10,13-14,18,21-25H,6-7,11-12,15-17H2,1-5H3,(H,29,31)/t18?,21?,22-,23-,24-,25?/m1/s1. The van der Waals surface area contributed by atoms with E-state index >= 15 is 0 Å². The Bertz CT molecular complexity index is 821. The lowest BCUT2D eigenvalue weighted by atomic mass is 9.84. The molecular formula is C27H41FN2O5. The summed E-state index contributed by atoms with van der Waals surface area (Å²) >= 11 is 0. The Hall–Kier alpha value is -2.48. The van der Waals surface area contributed by atoms with Crippen molar-refractivity contribution in [3.05, 3.63) is 35.9 Å². The topological polar surface area (TPSA) is 84.9 Å². The predicted octanol–water partition coefficient (Wildman–Crippen LogP) is 4.39. The average Bonchev–Trinajstić information content (AvgIpc) is 3.16. The second-order valence-corrected chi connectivity index (χ2v) is 9.52. The van der Waals surface area contributed by atoms with Crippen LogP contribution in [0, 0.1) is 11.8 Å². The number of carbonyl (C=O) groups is 3. The highest BCUT2D eigenvalue weighted by Gasteiger charge is 2.49. The number of rotatable bonds is 13. The van der Waals surface area contributed by atoms with E-state index in [4.69, 9.17) is 9.47 Å². The number of likely N-dealkylation sites (tertiary alicyclic amines) is 1. The number of alkyl halides is 1. The Morgan fingerprint density at radius 2 is 1.77 bits per heavy atom. The van der Waals surface area contributed by atoms with E-state index in [1.807, 2.05) is 49.1 Å². The molecule has 1 amide bonds. The molecule has 2 rings (SSSR count). The van der Waals surface area contributed by atoms with Crippen molar-refractivity contribution in [2.45, 2.75) is 97.2 Å². The highest BCUT2D eigenvalue weighted by Crippen LogP contribution is 2.38. The van der Waals surface area contributed by atoms with Crippen molar-refractivity contribution in [3.8, 4) is 0 Å². The van der Waals surface area contributed by atoms with E-state index in [-0.39, 0.29) is 36.8 Å². The summed E-state index contributed by atoms with van der Waals surface area (Å²) in [5.41, 5.74) is 0.980. The first-order chi connectivity index (χ1) is 16.7. The molecule has 0 spiro atoms. The zero-order valence-corrected chi connectivity index (χ0v) is 21.7. The molecule has 1 fully saturated rings. The Morgan fingerprint density at radius 1 is 1.11 bits per heavy atom. The van der Waals surface area contributed by atoms with Crippen molar-refractivity contribution >= 4 is 17.8 Å². The summed E-state index contributed by atoms with van der Waals surface area (Å²) in [6.45, 7) is 7.78. The van der Waals surface area contributed by atoms with Crippen molar-refractivity contribution in [1.82, 2.24) is 10.2 Å². The van der Waals surface area contributed by atoms with E-state index in [2.05, 4.69) is 12.2 Å². The second kappa shape index (κ2) is 14.2. The maximum atomic E-state index is 14.2. The van der Waals surface area contributed by atoms with Crippen LogP contribution in [0.5, 0.6) is 0 Å². The Labute approximate surface area is 208 Å². The van der Waals surface area contributed by atoms with Gasteiger partial charge in [0.15, 0.2) is 0 Å². The lowest BCUT2D eigenvalue weighted by molar-refractivity contribution is -0.164. The van der Waals surface area contributed by atoms with E-state index in [9.17, 15) is 18.8 Å². The van der Waals surface area contributed by atoms with Gasteiger partial charge in [0.25, 0.3) is 0 Å². The Kier molecular flexibility index (Phi) is 11.6. The molecule has 1 heterocycles. The molecular weight excluding hydrogens is 451 g/mol. The van der Waals surface area contributed by atoms with Crippen LogP contribution in [-0.2, 0) is 30.4 Å². The maximum Gasteiger partial charge on any atom is 0.325 e. The summed E-state index contributed by atoms with van der Waals surface area (Å²) in [6.07, 6.45) is 1.56. The minimum Gasteiger partial charge on any atom is -0.469 e. The summed E-state index contributed by atoms with van der Waals surface area (Å²) < 4.78 is 24.5. The Balaban J connectivity index is 2.41. The third-order valence-corrected chi connectivity index (χ3v) is 6.85. The molecule has 6 atom stereocenters. The molecule has 1 aliphatic heterocycles. The molecule has 1 aliphatic rings. The third-order valence-electron chi connectivity index (χ3n) is 6.85. The molecule has 35 heavy (non-hydrogen) atoms. The van der Waals surface area contributed by atoms with E-state index in [1.54, 1.807) is 0 Å². The number of nitrogens with one attached hydrogen (secondary N) is 1. The summed E-state index contributed by atoms with van der Waals surface area (Å²) in [5.74, 6) is -1.63. The smallest absolute Gasteiger partial charge is 0.325 e. The monoisotopic (exact) mass is 492 g/mol. The van der Waals surface area contributed by atoms with Crippen LogP contribution >= 0.6 is 0 Å². The summed E-state index contributed by atoms with van der Waals surface area (Å²) in [4.78, 5) is 39.7. The van der Waals surface area contributed by atoms with E-state index < -0.39 is 30.3 Å². The van der Waals surface area contributed by atoms with E-state index in [0.717, 1.165) is 18.4 Å². The molecule has 0 bridgehead atoms. The van der Waals surface area contributed by atoms with Gasteiger partial charge in [0, 0.05) is 32.0 Å². The molecule has 0 aliphatic carbocycles. The number of methoxy groups -OCH3 is 1. The van der Waals surface area contributed by atoms with Crippen LogP contribution in [0.3, 0.4) is 0 Å². The van der Waals surface area contributed by atoms with Gasteiger partial charge in [-0.25, -0.2) is 4.39 Å². The third kappa shape index (κ3) is 8.30. The van der Waals surface area contributed by atoms with Gasteiger partial charge in [-0.3, -0.25) is 19.3 Å². The lowest BCUT2D eigenvalue weighted by Crippen LogP contribution is -2.46. The van der Waals surface area contributed by atoms with Crippen LogP contribution < -0.4 is 5.32 Å². The second-order valence-electron chi connectivity index (χ2n) is 9.52. The summed E-state index contributed by atoms with van der Waals surface area (Å²) in [5, 5.41) is 2.98. The number of esters is 2. The van der Waals surface area contributed by atoms with Crippen molar-refractivity contribution in [3.63, 3.8) is 0 Å². The van der Waals surface area contributed by atoms with Crippen LogP contribution in [-0.4, -0.2) is 54.3 Å². The first kappa shape index (κ1) is 28.8. The van der Waals surface area contributed by atoms with Crippen molar-refractivity contribution in [2.75, 3.05) is 7.11 Å². The van der Waals surface area contributed by atoms with Gasteiger partial charge < -0.3 is 14.8 Å². The van der Waals surface area contributed by atoms with Gasteiger partial charge in [-0.1, -0.05) is 50.6 Å². The fourth-order valence-corrected chi connectivity index (χ4v) is 5.13. The number of benzene rings is 1. The molecule has 8 heteroatoms. The number of hydrogen-bond donors (Lipinski definition) is 1. The first-order valence-corrected chi connectivity index (χ1v) is 12.7. The molecule has 1 N–H and O–H groups in total. The number of amides is 1. The fourth-order valence-electron chi connectivity index (χ4n) is 5.13. The largest absolute Gasteiger partial charge is 0.469 e. The van der Waals surface area contributed by atoms with Gasteiger partial charge in [0.2, 0.25) is 12.3 Å². The highest BCUT2D eigenvalue weighted by molar-refractivity contribution is 5.80. The van der Waals surface area contributed by atoms with Crippen LogP contribution in [0.15, 0.2) is 30.3 Å². The van der Waals surface area contributed by atoms with Gasteiger partial charge in [-0.2, -0.15) is 0 Å². The lowest BCUT2D eigenvalue weighted by Gasteiger charge is -2.35.